The maximum absolute atomic E-state index is 13.0. The van der Waals surface area contributed by atoms with Crippen molar-refractivity contribution < 1.29 is 14.6 Å². The second kappa shape index (κ2) is 3.65. The fraction of sp³-hybridized carbons (Fsp3) is 0.333. The summed E-state index contributed by atoms with van der Waals surface area (Å²) < 4.78 is 13.0. The third-order valence-electron chi connectivity index (χ3n) is 1.82. The zero-order chi connectivity index (χ0) is 9.14. The van der Waals surface area contributed by atoms with Gasteiger partial charge >= 0.3 is 0 Å². The van der Waals surface area contributed by atoms with E-state index in [2.05, 4.69) is 0 Å². The van der Waals surface area contributed by atoms with E-state index in [1.807, 2.05) is 0 Å². The Morgan fingerprint density at radius 1 is 1.25 bits per heavy atom. The molecule has 2 nitrogen and oxygen atoms in total. The quantitative estimate of drug-likeness (QED) is 0.698. The van der Waals surface area contributed by atoms with Crippen molar-refractivity contribution in [1.82, 2.24) is 0 Å². The molecular formula is C9H11FO2. The first kappa shape index (κ1) is 9.16. The van der Waals surface area contributed by atoms with Crippen LogP contribution in [-0.4, -0.2) is 10.2 Å². The molecule has 3 heteroatoms. The second-order valence-electron chi connectivity index (χ2n) is 2.69. The fourth-order valence-electron chi connectivity index (χ4n) is 1.14. The van der Waals surface area contributed by atoms with Crippen molar-refractivity contribution in [3.8, 4) is 0 Å². The Kier molecular flexibility index (Phi) is 2.78. The van der Waals surface area contributed by atoms with Gasteiger partial charge in [0.25, 0.3) is 0 Å². The first-order valence-corrected chi connectivity index (χ1v) is 3.68. The molecule has 0 saturated carbocycles. The van der Waals surface area contributed by atoms with Gasteiger partial charge in [0.1, 0.15) is 5.82 Å². The molecule has 1 aromatic carbocycles. The van der Waals surface area contributed by atoms with E-state index in [1.54, 1.807) is 13.0 Å². The van der Waals surface area contributed by atoms with E-state index in [0.717, 1.165) is 0 Å². The summed E-state index contributed by atoms with van der Waals surface area (Å²) in [4.78, 5) is 0. The molecule has 0 bridgehead atoms. The molecule has 0 aliphatic rings. The minimum Gasteiger partial charge on any atom is -0.392 e. The summed E-state index contributed by atoms with van der Waals surface area (Å²) in [6.45, 7) is 1.22. The Hall–Kier alpha value is -0.930. The van der Waals surface area contributed by atoms with Gasteiger partial charge in [-0.1, -0.05) is 6.07 Å². The fourth-order valence-corrected chi connectivity index (χ4v) is 1.14. The van der Waals surface area contributed by atoms with Gasteiger partial charge in [-0.15, -0.1) is 0 Å². The van der Waals surface area contributed by atoms with Gasteiger partial charge in [0.2, 0.25) is 0 Å². The monoisotopic (exact) mass is 170 g/mol. The van der Waals surface area contributed by atoms with Crippen molar-refractivity contribution in [1.29, 1.82) is 0 Å². The number of hydrogen-bond acceptors (Lipinski definition) is 2. The highest BCUT2D eigenvalue weighted by Gasteiger charge is 2.05. The van der Waals surface area contributed by atoms with Gasteiger partial charge in [-0.05, 0) is 24.1 Å². The van der Waals surface area contributed by atoms with Crippen LogP contribution < -0.4 is 0 Å². The van der Waals surface area contributed by atoms with Crippen LogP contribution in [0, 0.1) is 12.7 Å². The van der Waals surface area contributed by atoms with Crippen LogP contribution in [0.5, 0.6) is 0 Å². The van der Waals surface area contributed by atoms with Crippen LogP contribution in [0.2, 0.25) is 0 Å². The lowest BCUT2D eigenvalue weighted by molar-refractivity contribution is 0.271. The lowest BCUT2D eigenvalue weighted by Gasteiger charge is -2.05. The van der Waals surface area contributed by atoms with Crippen molar-refractivity contribution in [2.45, 2.75) is 20.1 Å². The van der Waals surface area contributed by atoms with Crippen LogP contribution in [-0.2, 0) is 13.2 Å². The van der Waals surface area contributed by atoms with E-state index in [0.29, 0.717) is 16.7 Å². The van der Waals surface area contributed by atoms with Crippen molar-refractivity contribution in [2.24, 2.45) is 0 Å². The summed E-state index contributed by atoms with van der Waals surface area (Å²) in [6, 6.07) is 2.90. The highest BCUT2D eigenvalue weighted by molar-refractivity contribution is 5.31. The SMILES string of the molecule is Cc1cc(CO)cc(F)c1CO. The van der Waals surface area contributed by atoms with Crippen LogP contribution >= 0.6 is 0 Å². The van der Waals surface area contributed by atoms with E-state index < -0.39 is 5.82 Å². The highest BCUT2D eigenvalue weighted by atomic mass is 19.1. The molecule has 0 aliphatic carbocycles. The first-order valence-electron chi connectivity index (χ1n) is 3.68. The Morgan fingerprint density at radius 3 is 2.33 bits per heavy atom. The summed E-state index contributed by atoms with van der Waals surface area (Å²) in [7, 11) is 0. The predicted molar refractivity (Wildman–Crippen MR) is 43.0 cm³/mol. The standard InChI is InChI=1S/C9H11FO2/c1-6-2-7(4-11)3-9(10)8(6)5-12/h2-3,11-12H,4-5H2,1H3. The van der Waals surface area contributed by atoms with Crippen LogP contribution in [0.15, 0.2) is 12.1 Å². The number of aliphatic hydroxyl groups is 2. The van der Waals surface area contributed by atoms with Crippen LogP contribution in [0.3, 0.4) is 0 Å². The zero-order valence-corrected chi connectivity index (χ0v) is 6.84. The van der Waals surface area contributed by atoms with Crippen LogP contribution in [0.4, 0.5) is 4.39 Å². The van der Waals surface area contributed by atoms with E-state index in [-0.39, 0.29) is 13.2 Å². The smallest absolute Gasteiger partial charge is 0.129 e. The number of aliphatic hydroxyl groups excluding tert-OH is 2. The number of halogens is 1. The molecule has 0 heterocycles. The lowest BCUT2D eigenvalue weighted by atomic mass is 10.1. The van der Waals surface area contributed by atoms with Gasteiger partial charge in [0, 0.05) is 5.56 Å². The third kappa shape index (κ3) is 1.62. The summed E-state index contributed by atoms with van der Waals surface area (Å²) in [6.07, 6.45) is 0. The van der Waals surface area contributed by atoms with E-state index >= 15 is 0 Å². The number of rotatable bonds is 2. The molecule has 0 unspecified atom stereocenters. The van der Waals surface area contributed by atoms with Gasteiger partial charge in [-0.2, -0.15) is 0 Å². The summed E-state index contributed by atoms with van der Waals surface area (Å²) in [5, 5.41) is 17.5. The highest BCUT2D eigenvalue weighted by Crippen LogP contribution is 2.15. The van der Waals surface area contributed by atoms with Gasteiger partial charge in [-0.25, -0.2) is 4.39 Å². The van der Waals surface area contributed by atoms with Gasteiger partial charge in [0.05, 0.1) is 13.2 Å². The van der Waals surface area contributed by atoms with Gasteiger partial charge < -0.3 is 10.2 Å². The molecule has 1 rings (SSSR count). The molecule has 0 fully saturated rings. The molecule has 0 radical (unpaired) electrons. The molecule has 0 aromatic heterocycles. The number of benzene rings is 1. The first-order chi connectivity index (χ1) is 5.69. The van der Waals surface area contributed by atoms with Crippen molar-refractivity contribution in [2.75, 3.05) is 0 Å². The van der Waals surface area contributed by atoms with E-state index in [9.17, 15) is 4.39 Å². The summed E-state index contributed by atoms with van der Waals surface area (Å²) >= 11 is 0. The van der Waals surface area contributed by atoms with Gasteiger partial charge in [-0.3, -0.25) is 0 Å². The van der Waals surface area contributed by atoms with Crippen LogP contribution in [0.1, 0.15) is 16.7 Å². The van der Waals surface area contributed by atoms with E-state index in [4.69, 9.17) is 10.2 Å². The molecule has 0 amide bonds. The minimum atomic E-state index is -0.457. The molecular weight excluding hydrogens is 159 g/mol. The molecule has 0 atom stereocenters. The topological polar surface area (TPSA) is 40.5 Å². The summed E-state index contributed by atoms with van der Waals surface area (Å²) in [5.41, 5.74) is 1.50. The maximum atomic E-state index is 13.0. The molecule has 12 heavy (non-hydrogen) atoms. The van der Waals surface area contributed by atoms with Crippen molar-refractivity contribution in [3.05, 3.63) is 34.6 Å². The zero-order valence-electron chi connectivity index (χ0n) is 6.84. The van der Waals surface area contributed by atoms with Crippen LogP contribution in [0.25, 0.3) is 0 Å². The normalized spacial score (nSPS) is 10.3. The average molecular weight is 170 g/mol. The Morgan fingerprint density at radius 2 is 1.92 bits per heavy atom. The third-order valence-corrected chi connectivity index (χ3v) is 1.82. The van der Waals surface area contributed by atoms with Crippen molar-refractivity contribution >= 4 is 0 Å². The second-order valence-corrected chi connectivity index (χ2v) is 2.69. The Labute approximate surface area is 70.3 Å². The molecule has 1 aromatic rings. The largest absolute Gasteiger partial charge is 0.392 e. The molecule has 0 spiro atoms. The van der Waals surface area contributed by atoms with E-state index in [1.165, 1.54) is 6.07 Å². The minimum absolute atomic E-state index is 0.177. The Bertz CT molecular complexity index is 261. The molecule has 2 N–H and O–H groups in total. The average Bonchev–Trinajstić information content (AvgIpc) is 2.03. The lowest BCUT2D eigenvalue weighted by Crippen LogP contribution is -1.97. The molecule has 0 saturated heterocycles. The summed E-state index contributed by atoms with van der Waals surface area (Å²) in [5.74, 6) is -0.457. The van der Waals surface area contributed by atoms with Gasteiger partial charge in [0.15, 0.2) is 0 Å². The Balaban J connectivity index is 3.18. The molecule has 0 aliphatic heterocycles. The number of aryl methyl sites for hydroxylation is 1. The number of hydrogen-bond donors (Lipinski definition) is 2. The van der Waals surface area contributed by atoms with Crippen molar-refractivity contribution in [3.63, 3.8) is 0 Å². The predicted octanol–water partition coefficient (Wildman–Crippen LogP) is 1.12. The molecule has 66 valence electrons. The maximum Gasteiger partial charge on any atom is 0.129 e.